The van der Waals surface area contributed by atoms with Crippen molar-refractivity contribution in [2.75, 3.05) is 13.6 Å². The highest BCUT2D eigenvalue weighted by molar-refractivity contribution is 6.03. The molecule has 28 heavy (non-hydrogen) atoms. The summed E-state index contributed by atoms with van der Waals surface area (Å²) >= 11 is 0. The lowest BCUT2D eigenvalue weighted by Gasteiger charge is -2.24. The van der Waals surface area contributed by atoms with Gasteiger partial charge in [0, 0.05) is 19.4 Å². The van der Waals surface area contributed by atoms with Gasteiger partial charge in [-0.05, 0) is 48.7 Å². The van der Waals surface area contributed by atoms with Crippen LogP contribution in [-0.2, 0) is 9.59 Å². The third-order valence-electron chi connectivity index (χ3n) is 5.12. The fourth-order valence-electron chi connectivity index (χ4n) is 3.33. The normalized spacial score (nSPS) is 16.4. The maximum absolute atomic E-state index is 13.0. The Labute approximate surface area is 165 Å². The van der Waals surface area contributed by atoms with E-state index in [1.807, 2.05) is 26.0 Å². The van der Waals surface area contributed by atoms with E-state index in [0.717, 1.165) is 11.3 Å². The summed E-state index contributed by atoms with van der Waals surface area (Å²) in [7, 11) is 1.65. The molecule has 1 aliphatic heterocycles. The molecule has 0 N–H and O–H groups in total. The van der Waals surface area contributed by atoms with Gasteiger partial charge in [0.05, 0.1) is 12.0 Å². The summed E-state index contributed by atoms with van der Waals surface area (Å²) in [5, 5.41) is 6.09. The lowest BCUT2D eigenvalue weighted by Crippen LogP contribution is -2.40. The van der Waals surface area contributed by atoms with Crippen molar-refractivity contribution in [3.63, 3.8) is 0 Å². The number of benzene rings is 1. The summed E-state index contributed by atoms with van der Waals surface area (Å²) in [6.45, 7) is 7.76. The molecule has 1 aromatic heterocycles. The number of amides is 2. The summed E-state index contributed by atoms with van der Waals surface area (Å²) < 4.78 is 5.57. The van der Waals surface area contributed by atoms with Gasteiger partial charge in [0.15, 0.2) is 0 Å². The van der Waals surface area contributed by atoms with Gasteiger partial charge in [-0.3, -0.25) is 9.59 Å². The second kappa shape index (κ2) is 8.00. The van der Waals surface area contributed by atoms with Crippen molar-refractivity contribution in [3.8, 4) is 0 Å². The Morgan fingerprint density at radius 3 is 2.61 bits per heavy atom. The highest BCUT2D eigenvalue weighted by atomic mass is 16.3. The number of aryl methyl sites for hydroxylation is 2. The van der Waals surface area contributed by atoms with Gasteiger partial charge in [0.2, 0.25) is 5.91 Å². The van der Waals surface area contributed by atoms with Crippen molar-refractivity contribution in [1.29, 1.82) is 0 Å². The molecule has 0 spiro atoms. The average molecular weight is 381 g/mol. The van der Waals surface area contributed by atoms with E-state index in [2.05, 4.69) is 31.1 Å². The molecule has 0 saturated heterocycles. The van der Waals surface area contributed by atoms with Crippen LogP contribution in [0.15, 0.2) is 46.1 Å². The Bertz CT molecular complexity index is 900. The van der Waals surface area contributed by atoms with E-state index in [0.29, 0.717) is 12.2 Å². The van der Waals surface area contributed by atoms with Gasteiger partial charge in [-0.2, -0.15) is 5.10 Å². The van der Waals surface area contributed by atoms with Crippen LogP contribution in [0, 0.1) is 19.8 Å². The summed E-state index contributed by atoms with van der Waals surface area (Å²) in [5.74, 6) is 0.234. The molecule has 1 aromatic carbocycles. The minimum atomic E-state index is -0.304. The van der Waals surface area contributed by atoms with Crippen molar-refractivity contribution in [3.05, 3.63) is 59.0 Å². The van der Waals surface area contributed by atoms with Crippen LogP contribution in [0.2, 0.25) is 0 Å². The summed E-state index contributed by atoms with van der Waals surface area (Å²) in [6, 6.07) is 9.54. The first-order chi connectivity index (χ1) is 13.3. The number of hydrogen-bond donors (Lipinski definition) is 0. The standard InChI is InChI=1S/C22H27N3O3/c1-14(2)22(27)24(5)13-21(26)25-19(20-7-6-10-28-20)12-18(23-25)17-9-8-15(3)16(4)11-17/h6-11,14,19H,12-13H2,1-5H3/t19-/m1/s1. The zero-order chi connectivity index (χ0) is 20.4. The van der Waals surface area contributed by atoms with Gasteiger partial charge in [-0.1, -0.05) is 26.0 Å². The van der Waals surface area contributed by atoms with E-state index in [4.69, 9.17) is 4.42 Å². The highest BCUT2D eigenvalue weighted by Crippen LogP contribution is 2.33. The van der Waals surface area contributed by atoms with E-state index in [-0.39, 0.29) is 30.3 Å². The predicted octanol–water partition coefficient (Wildman–Crippen LogP) is 3.69. The average Bonchev–Trinajstić information content (AvgIpc) is 3.32. The predicted molar refractivity (Wildman–Crippen MR) is 108 cm³/mol. The maximum Gasteiger partial charge on any atom is 0.262 e. The zero-order valence-corrected chi connectivity index (χ0v) is 17.1. The van der Waals surface area contributed by atoms with Crippen molar-refractivity contribution in [2.45, 2.75) is 40.2 Å². The number of hydrazone groups is 1. The molecule has 2 amide bonds. The molecule has 6 nitrogen and oxygen atoms in total. The minimum absolute atomic E-state index is 0.0159. The Morgan fingerprint density at radius 2 is 2.00 bits per heavy atom. The molecule has 148 valence electrons. The number of furan rings is 1. The molecule has 0 aliphatic carbocycles. The minimum Gasteiger partial charge on any atom is -0.467 e. The number of carbonyl (C=O) groups excluding carboxylic acids is 2. The van der Waals surface area contributed by atoms with Crippen LogP contribution in [0.4, 0.5) is 0 Å². The van der Waals surface area contributed by atoms with Crippen LogP contribution in [0.5, 0.6) is 0 Å². The third-order valence-corrected chi connectivity index (χ3v) is 5.12. The van der Waals surface area contributed by atoms with E-state index in [1.54, 1.807) is 19.4 Å². The van der Waals surface area contributed by atoms with E-state index in [1.165, 1.54) is 21.0 Å². The SMILES string of the molecule is Cc1ccc(C2=NN(C(=O)CN(C)C(=O)C(C)C)[C@@H](c3ccco3)C2)cc1C. The maximum atomic E-state index is 13.0. The first kappa shape index (κ1) is 19.9. The number of rotatable bonds is 5. The van der Waals surface area contributed by atoms with Crippen LogP contribution in [0.1, 0.15) is 48.8 Å². The second-order valence-electron chi connectivity index (χ2n) is 7.67. The summed E-state index contributed by atoms with van der Waals surface area (Å²) in [6.07, 6.45) is 2.17. The third kappa shape index (κ3) is 4.01. The van der Waals surface area contributed by atoms with Gasteiger partial charge in [0.1, 0.15) is 18.3 Å². The first-order valence-electron chi connectivity index (χ1n) is 9.53. The van der Waals surface area contributed by atoms with Crippen molar-refractivity contribution < 1.29 is 14.0 Å². The van der Waals surface area contributed by atoms with Crippen molar-refractivity contribution >= 4 is 17.5 Å². The van der Waals surface area contributed by atoms with Gasteiger partial charge >= 0.3 is 0 Å². The quantitative estimate of drug-likeness (QED) is 0.793. The smallest absolute Gasteiger partial charge is 0.262 e. The van der Waals surface area contributed by atoms with Crippen LogP contribution in [0.25, 0.3) is 0 Å². The Morgan fingerprint density at radius 1 is 1.25 bits per heavy atom. The molecular formula is C22H27N3O3. The zero-order valence-electron chi connectivity index (χ0n) is 17.1. The van der Waals surface area contributed by atoms with Crippen LogP contribution >= 0.6 is 0 Å². The monoisotopic (exact) mass is 381 g/mol. The summed E-state index contributed by atoms with van der Waals surface area (Å²) in [4.78, 5) is 26.6. The molecule has 6 heteroatoms. The molecule has 0 fully saturated rings. The Balaban J connectivity index is 1.87. The number of carbonyl (C=O) groups is 2. The number of nitrogens with zero attached hydrogens (tertiary/aromatic N) is 3. The highest BCUT2D eigenvalue weighted by Gasteiger charge is 2.35. The van der Waals surface area contributed by atoms with Gasteiger partial charge in [-0.15, -0.1) is 0 Å². The Kier molecular flexibility index (Phi) is 5.68. The molecule has 1 atom stereocenters. The molecule has 3 rings (SSSR count). The molecule has 0 radical (unpaired) electrons. The van der Waals surface area contributed by atoms with Crippen molar-refractivity contribution in [1.82, 2.24) is 9.91 Å². The van der Waals surface area contributed by atoms with Gasteiger partial charge in [0.25, 0.3) is 5.91 Å². The summed E-state index contributed by atoms with van der Waals surface area (Å²) in [5.41, 5.74) is 4.24. The molecule has 1 aliphatic rings. The molecule has 0 unspecified atom stereocenters. The van der Waals surface area contributed by atoms with Crippen LogP contribution < -0.4 is 0 Å². The van der Waals surface area contributed by atoms with Crippen LogP contribution in [-0.4, -0.2) is 41.0 Å². The molecule has 0 bridgehead atoms. The largest absolute Gasteiger partial charge is 0.467 e. The van der Waals surface area contributed by atoms with E-state index in [9.17, 15) is 9.59 Å². The van der Waals surface area contributed by atoms with Crippen LogP contribution in [0.3, 0.4) is 0 Å². The number of hydrogen-bond acceptors (Lipinski definition) is 4. The van der Waals surface area contributed by atoms with Gasteiger partial charge < -0.3 is 9.32 Å². The Hall–Kier alpha value is -2.89. The molecule has 2 aromatic rings. The topological polar surface area (TPSA) is 66.1 Å². The lowest BCUT2D eigenvalue weighted by atomic mass is 9.99. The first-order valence-corrected chi connectivity index (χ1v) is 9.53. The lowest BCUT2D eigenvalue weighted by molar-refractivity contribution is -0.142. The second-order valence-corrected chi connectivity index (χ2v) is 7.67. The van der Waals surface area contributed by atoms with Gasteiger partial charge in [-0.25, -0.2) is 5.01 Å². The molecule has 0 saturated carbocycles. The number of likely N-dealkylation sites (N-methyl/N-ethyl adjacent to an activating group) is 1. The molecular weight excluding hydrogens is 354 g/mol. The van der Waals surface area contributed by atoms with E-state index >= 15 is 0 Å². The van der Waals surface area contributed by atoms with Crippen molar-refractivity contribution in [2.24, 2.45) is 11.0 Å². The fourth-order valence-corrected chi connectivity index (χ4v) is 3.33. The van der Waals surface area contributed by atoms with E-state index < -0.39 is 0 Å². The molecule has 2 heterocycles. The fraction of sp³-hybridized carbons (Fsp3) is 0.409.